The molecule has 0 saturated carbocycles. The van der Waals surface area contributed by atoms with Gasteiger partial charge in [0.25, 0.3) is 5.91 Å². The molecule has 15 nitrogen and oxygen atoms in total. The molecule has 6 aromatic rings. The van der Waals surface area contributed by atoms with Crippen LogP contribution in [0.5, 0.6) is 0 Å². The van der Waals surface area contributed by atoms with E-state index >= 15 is 0 Å². The number of carbonyl (C=O) groups excluding carboxylic acids is 3. The molecule has 3 aliphatic rings. The number of alkyl carbamates (subject to hydrolysis) is 1. The third kappa shape index (κ3) is 9.07. The van der Waals surface area contributed by atoms with Crippen molar-refractivity contribution in [3.05, 3.63) is 121 Å². The summed E-state index contributed by atoms with van der Waals surface area (Å²) in [6.07, 6.45) is 6.95. The smallest absolute Gasteiger partial charge is 0.407 e. The second kappa shape index (κ2) is 18.8. The van der Waals surface area contributed by atoms with Crippen LogP contribution in [-0.4, -0.2) is 98.3 Å². The summed E-state index contributed by atoms with van der Waals surface area (Å²) in [6, 6.07) is 28.0. The minimum absolute atomic E-state index is 0.201. The van der Waals surface area contributed by atoms with Crippen molar-refractivity contribution < 1.29 is 33.8 Å². The number of hydrogen-bond acceptors (Lipinski definition) is 8. The van der Waals surface area contributed by atoms with Crippen LogP contribution in [0.3, 0.4) is 0 Å². The molecule has 4 aromatic carbocycles. The Kier molecular flexibility index (Phi) is 12.4. The number of H-pyrrole nitrogens is 2. The van der Waals surface area contributed by atoms with Gasteiger partial charge in [0.05, 0.1) is 43.0 Å². The quantitative estimate of drug-likeness (QED) is 0.0807. The fourth-order valence-corrected chi connectivity index (χ4v) is 9.53. The number of carbonyl (C=O) groups is 4. The van der Waals surface area contributed by atoms with Gasteiger partial charge in [0.2, 0.25) is 5.91 Å². The molecular formula is C49H52N8O7. The number of aromatic amines is 2. The maximum Gasteiger partial charge on any atom is 0.407 e. The summed E-state index contributed by atoms with van der Waals surface area (Å²) in [4.78, 5) is 71.7. The summed E-state index contributed by atoms with van der Waals surface area (Å²) in [7, 11) is 1.28. The first-order valence-electron chi connectivity index (χ1n) is 22.0. The topological polar surface area (TPSA) is 195 Å². The standard InChI is InChI=1S/C49H52N8O7/c1-63-49(62)55-43(33-7-3-2-4-8-33)47(59)57-22-6-10-42(57)45-50-28-39(52-45)32-13-11-31(12-14-32)34-15-16-36-27-37(18-17-35(36)26-34)40-29-51-44(53-40)41-9-5-21-56(41)46(58)38(54-48(60)61)25-30-19-23-64-24-20-30/h2-4,7-8,11-18,26-30,38,41-43,54H,5-6,9-10,19-25H2,1H3,(H,50,52)(H,51,53)(H,55,62)(H,60,61). The van der Waals surface area contributed by atoms with Crippen molar-refractivity contribution in [2.45, 2.75) is 69.1 Å². The van der Waals surface area contributed by atoms with Crippen LogP contribution in [0.1, 0.15) is 80.3 Å². The average molecular weight is 865 g/mol. The lowest BCUT2D eigenvalue weighted by molar-refractivity contribution is -0.135. The summed E-state index contributed by atoms with van der Waals surface area (Å²) in [5.74, 6) is 1.21. The zero-order valence-corrected chi connectivity index (χ0v) is 35.7. The van der Waals surface area contributed by atoms with Gasteiger partial charge in [-0.1, -0.05) is 78.9 Å². The van der Waals surface area contributed by atoms with E-state index in [0.29, 0.717) is 49.9 Å². The van der Waals surface area contributed by atoms with Crippen LogP contribution in [0, 0.1) is 5.92 Å². The van der Waals surface area contributed by atoms with Gasteiger partial charge in [-0.15, -0.1) is 0 Å². The fourth-order valence-electron chi connectivity index (χ4n) is 9.53. The minimum atomic E-state index is -1.20. The summed E-state index contributed by atoms with van der Waals surface area (Å²) in [5.41, 5.74) is 6.45. The molecule has 9 rings (SSSR count). The molecule has 0 aliphatic carbocycles. The van der Waals surface area contributed by atoms with E-state index in [1.54, 1.807) is 22.2 Å². The van der Waals surface area contributed by atoms with Gasteiger partial charge in [-0.05, 0) is 96.0 Å². The van der Waals surface area contributed by atoms with E-state index < -0.39 is 24.3 Å². The lowest BCUT2D eigenvalue weighted by atomic mass is 9.92. The van der Waals surface area contributed by atoms with E-state index in [2.05, 4.69) is 81.3 Å². The Morgan fingerprint density at radius 3 is 1.91 bits per heavy atom. The molecule has 0 spiro atoms. The number of hydrogen-bond donors (Lipinski definition) is 5. The van der Waals surface area contributed by atoms with E-state index in [-0.39, 0.29) is 29.8 Å². The Morgan fingerprint density at radius 1 is 0.719 bits per heavy atom. The molecule has 15 heteroatoms. The first-order valence-corrected chi connectivity index (χ1v) is 22.0. The van der Waals surface area contributed by atoms with Crippen molar-refractivity contribution in [2.24, 2.45) is 5.92 Å². The van der Waals surface area contributed by atoms with Crippen molar-refractivity contribution >= 4 is 34.8 Å². The number of methoxy groups -OCH3 is 1. The number of nitrogens with zero attached hydrogens (tertiary/aromatic N) is 4. The van der Waals surface area contributed by atoms with Gasteiger partial charge in [0, 0.05) is 31.9 Å². The molecule has 3 aliphatic heterocycles. The van der Waals surface area contributed by atoms with E-state index in [4.69, 9.17) is 19.4 Å². The summed E-state index contributed by atoms with van der Waals surface area (Å²) >= 11 is 0. The van der Waals surface area contributed by atoms with Crippen molar-refractivity contribution in [1.82, 2.24) is 40.4 Å². The molecule has 5 N–H and O–H groups in total. The Bertz CT molecular complexity index is 2620. The number of nitrogens with one attached hydrogen (secondary N) is 4. The largest absolute Gasteiger partial charge is 0.465 e. The van der Waals surface area contributed by atoms with E-state index in [1.807, 2.05) is 30.3 Å². The molecule has 4 unspecified atom stereocenters. The predicted octanol–water partition coefficient (Wildman–Crippen LogP) is 8.16. The maximum absolute atomic E-state index is 13.9. The predicted molar refractivity (Wildman–Crippen MR) is 240 cm³/mol. The lowest BCUT2D eigenvalue weighted by Gasteiger charge is -2.31. The molecule has 330 valence electrons. The molecule has 4 atom stereocenters. The zero-order valence-electron chi connectivity index (χ0n) is 35.7. The van der Waals surface area contributed by atoms with Gasteiger partial charge >= 0.3 is 12.2 Å². The number of ether oxygens (including phenoxy) is 2. The second-order valence-electron chi connectivity index (χ2n) is 16.9. The van der Waals surface area contributed by atoms with Crippen LogP contribution in [0.15, 0.2) is 103 Å². The zero-order chi connectivity index (χ0) is 44.2. The number of amides is 4. The van der Waals surface area contributed by atoms with Crippen molar-refractivity contribution in [1.29, 1.82) is 0 Å². The first-order chi connectivity index (χ1) is 31.2. The van der Waals surface area contributed by atoms with Crippen LogP contribution in [0.4, 0.5) is 9.59 Å². The molecule has 0 bridgehead atoms. The van der Waals surface area contributed by atoms with Crippen molar-refractivity contribution in [3.63, 3.8) is 0 Å². The van der Waals surface area contributed by atoms with Crippen LogP contribution >= 0.6 is 0 Å². The number of fused-ring (bicyclic) bond motifs is 1. The van der Waals surface area contributed by atoms with Gasteiger partial charge in [0.1, 0.15) is 23.7 Å². The van der Waals surface area contributed by atoms with Crippen LogP contribution < -0.4 is 10.6 Å². The summed E-state index contributed by atoms with van der Waals surface area (Å²) in [6.45, 7) is 2.36. The van der Waals surface area contributed by atoms with E-state index in [9.17, 15) is 24.3 Å². The summed E-state index contributed by atoms with van der Waals surface area (Å²) in [5, 5.41) is 16.9. The van der Waals surface area contributed by atoms with Crippen molar-refractivity contribution in [3.8, 4) is 33.6 Å². The van der Waals surface area contributed by atoms with Gasteiger partial charge in [0.15, 0.2) is 0 Å². The highest BCUT2D eigenvalue weighted by Crippen LogP contribution is 2.36. The number of likely N-dealkylation sites (tertiary alicyclic amines) is 2. The average Bonchev–Trinajstić information content (AvgIpc) is 4.18. The fraction of sp³-hybridized carbons (Fsp3) is 0.347. The number of aromatic nitrogens is 4. The van der Waals surface area contributed by atoms with Crippen LogP contribution in [0.25, 0.3) is 44.4 Å². The molecule has 3 saturated heterocycles. The van der Waals surface area contributed by atoms with Gasteiger partial charge in [-0.2, -0.15) is 0 Å². The van der Waals surface area contributed by atoms with E-state index in [1.165, 1.54) is 7.11 Å². The second-order valence-corrected chi connectivity index (χ2v) is 16.9. The molecule has 3 fully saturated rings. The Morgan fingerprint density at radius 2 is 1.28 bits per heavy atom. The third-order valence-electron chi connectivity index (χ3n) is 12.9. The van der Waals surface area contributed by atoms with Gasteiger partial charge in [-0.25, -0.2) is 19.6 Å². The highest BCUT2D eigenvalue weighted by Gasteiger charge is 2.39. The normalized spacial score (nSPS) is 18.8. The van der Waals surface area contributed by atoms with Crippen LogP contribution in [-0.2, 0) is 19.1 Å². The molecule has 64 heavy (non-hydrogen) atoms. The van der Waals surface area contributed by atoms with E-state index in [0.717, 1.165) is 82.9 Å². The monoisotopic (exact) mass is 864 g/mol. The molecular weight excluding hydrogens is 813 g/mol. The molecule has 2 aromatic heterocycles. The highest BCUT2D eigenvalue weighted by atomic mass is 16.5. The molecule has 5 heterocycles. The molecule has 0 radical (unpaired) electrons. The van der Waals surface area contributed by atoms with Gasteiger partial charge < -0.3 is 45.0 Å². The number of benzene rings is 4. The van der Waals surface area contributed by atoms with Gasteiger partial charge in [-0.3, -0.25) is 9.59 Å². The first kappa shape index (κ1) is 42.3. The highest BCUT2D eigenvalue weighted by molar-refractivity contribution is 5.91. The Labute approximate surface area is 370 Å². The number of imidazole rings is 2. The molecule has 4 amide bonds. The lowest BCUT2D eigenvalue weighted by Crippen LogP contribution is -2.49. The number of rotatable bonds is 12. The summed E-state index contributed by atoms with van der Waals surface area (Å²) < 4.78 is 10.3. The SMILES string of the molecule is COC(=O)NC(C(=O)N1CCCC1c1ncc(-c2ccc(-c3ccc4cc(-c5cnc(C6CCCN6C(=O)C(CC6CCOCC6)NC(=O)O)[nH]5)ccc4c3)cc2)[nH]1)c1ccccc1. The minimum Gasteiger partial charge on any atom is -0.465 e. The Balaban J connectivity index is 0.862. The maximum atomic E-state index is 13.9. The van der Waals surface area contributed by atoms with Crippen LogP contribution in [0.2, 0.25) is 0 Å². The Hall–Kier alpha value is -7.00. The number of carboxylic acid groups (broad SMARTS) is 1. The third-order valence-corrected chi connectivity index (χ3v) is 12.9. The van der Waals surface area contributed by atoms with Crippen molar-refractivity contribution in [2.75, 3.05) is 33.4 Å².